The van der Waals surface area contributed by atoms with Crippen molar-refractivity contribution in [2.24, 2.45) is 0 Å². The maximum Gasteiger partial charge on any atom is 0.0753 e. The van der Waals surface area contributed by atoms with E-state index in [1.807, 2.05) is 0 Å². The van der Waals surface area contributed by atoms with Gasteiger partial charge in [-0.1, -0.05) is 54.8 Å². The second-order valence-electron chi connectivity index (χ2n) is 3.93. The van der Waals surface area contributed by atoms with Gasteiger partial charge in [0.1, 0.15) is 0 Å². The summed E-state index contributed by atoms with van der Waals surface area (Å²) in [5.74, 6) is 0. The van der Waals surface area contributed by atoms with Crippen LogP contribution in [-0.2, 0) is 0 Å². The molecule has 1 aromatic rings. The molecule has 0 fully saturated rings. The fourth-order valence-electron chi connectivity index (χ4n) is 1.51. The molecule has 1 aromatic carbocycles. The Balaban J connectivity index is 2.39. The van der Waals surface area contributed by atoms with Gasteiger partial charge in [-0.2, -0.15) is 0 Å². The Hall–Kier alpha value is -0.273. The van der Waals surface area contributed by atoms with E-state index < -0.39 is 0 Å². The van der Waals surface area contributed by atoms with Crippen LogP contribution in [0.4, 0.5) is 0 Å². The van der Waals surface area contributed by atoms with Crippen molar-refractivity contribution in [3.8, 4) is 0 Å². The van der Waals surface area contributed by atoms with E-state index in [4.69, 9.17) is 11.6 Å². The lowest BCUT2D eigenvalue weighted by atomic mass is 10.2. The van der Waals surface area contributed by atoms with Gasteiger partial charge < -0.3 is 0 Å². The molecular weight excluding hydrogens is 208 g/mol. The molecule has 78 valence electrons. The van der Waals surface area contributed by atoms with Crippen LogP contribution in [0.2, 0.25) is 0 Å². The molecule has 2 heteroatoms. The third kappa shape index (κ3) is 4.29. The van der Waals surface area contributed by atoms with Crippen molar-refractivity contribution in [2.45, 2.75) is 38.1 Å². The van der Waals surface area contributed by atoms with Crippen molar-refractivity contribution in [1.82, 2.24) is 0 Å². The summed E-state index contributed by atoms with van der Waals surface area (Å²) in [4.78, 5) is 0. The number of hydrogen-bond donors (Lipinski definition) is 0. The molecule has 0 aliphatic heterocycles. The van der Waals surface area contributed by atoms with E-state index in [2.05, 4.69) is 38.1 Å². The number of benzene rings is 1. The van der Waals surface area contributed by atoms with Gasteiger partial charge in [0, 0.05) is 5.00 Å². The average molecular weight is 227 g/mol. The molecule has 1 rings (SSSR count). The van der Waals surface area contributed by atoms with Crippen LogP contribution in [0.5, 0.6) is 0 Å². The minimum atomic E-state index is -0.258. The number of unbranched alkanes of at least 4 members (excludes halogenated alkanes) is 1. The average Bonchev–Trinajstić information content (AvgIpc) is 2.18. The van der Waals surface area contributed by atoms with Gasteiger partial charge in [0.25, 0.3) is 0 Å². The van der Waals surface area contributed by atoms with Gasteiger partial charge in [0.05, 0.1) is 9.52 Å². The minimum absolute atomic E-state index is 0.258. The van der Waals surface area contributed by atoms with Crippen molar-refractivity contribution < 1.29 is 0 Å². The highest BCUT2D eigenvalue weighted by Gasteiger charge is 2.05. The number of aryl methyl sites for hydroxylation is 1. The topological polar surface area (TPSA) is 0 Å². The van der Waals surface area contributed by atoms with Crippen molar-refractivity contribution in [2.75, 3.05) is 0 Å². The second-order valence-corrected chi connectivity index (χ2v) is 7.27. The van der Waals surface area contributed by atoms with Crippen LogP contribution in [0.25, 0.3) is 0 Å². The highest BCUT2D eigenvalue weighted by atomic mass is 35.5. The van der Waals surface area contributed by atoms with E-state index in [0.717, 1.165) is 0 Å². The molecule has 0 heterocycles. The summed E-state index contributed by atoms with van der Waals surface area (Å²) in [6.07, 6.45) is 3.72. The van der Waals surface area contributed by atoms with Gasteiger partial charge >= 0.3 is 0 Å². The summed E-state index contributed by atoms with van der Waals surface area (Å²) in [5.41, 5.74) is 1.34. The Kier molecular flexibility index (Phi) is 5.27. The van der Waals surface area contributed by atoms with Gasteiger partial charge in [0.2, 0.25) is 0 Å². The van der Waals surface area contributed by atoms with E-state index in [0.29, 0.717) is 5.00 Å². The molecule has 14 heavy (non-hydrogen) atoms. The van der Waals surface area contributed by atoms with Gasteiger partial charge in [0.15, 0.2) is 0 Å². The van der Waals surface area contributed by atoms with E-state index in [9.17, 15) is 0 Å². The van der Waals surface area contributed by atoms with Gasteiger partial charge in [-0.15, -0.1) is 11.6 Å². The zero-order chi connectivity index (χ0) is 10.4. The van der Waals surface area contributed by atoms with Crippen LogP contribution in [-0.4, -0.2) is 14.5 Å². The molecular formula is C12H19ClSi. The lowest BCUT2D eigenvalue weighted by Gasteiger charge is -2.07. The van der Waals surface area contributed by atoms with Crippen LogP contribution >= 0.6 is 11.6 Å². The zero-order valence-corrected chi connectivity index (χ0v) is 11.3. The lowest BCUT2D eigenvalue weighted by Crippen LogP contribution is -2.23. The third-order valence-electron chi connectivity index (χ3n) is 2.45. The Morgan fingerprint density at radius 3 is 2.50 bits per heavy atom. The Bertz CT molecular complexity index is 256. The highest BCUT2D eigenvalue weighted by molar-refractivity contribution is 6.64. The highest BCUT2D eigenvalue weighted by Crippen LogP contribution is 2.06. The maximum absolute atomic E-state index is 6.30. The summed E-state index contributed by atoms with van der Waals surface area (Å²) in [5, 5.41) is 1.93. The number of rotatable bonds is 5. The smallest absolute Gasteiger partial charge is 0.0753 e. The molecule has 0 amide bonds. The predicted octanol–water partition coefficient (Wildman–Crippen LogP) is 2.54. The zero-order valence-electron chi connectivity index (χ0n) is 9.09. The summed E-state index contributed by atoms with van der Waals surface area (Å²) < 4.78 is 0. The van der Waals surface area contributed by atoms with Gasteiger partial charge in [-0.25, -0.2) is 0 Å². The molecule has 0 radical (unpaired) electrons. The number of halogens is 1. The summed E-state index contributed by atoms with van der Waals surface area (Å²) in [6.45, 7) is 4.34. The number of hydrogen-bond acceptors (Lipinski definition) is 0. The molecule has 0 spiro atoms. The third-order valence-corrected chi connectivity index (χ3v) is 4.92. The van der Waals surface area contributed by atoms with E-state index in [-0.39, 0.29) is 9.52 Å². The van der Waals surface area contributed by atoms with Crippen LogP contribution in [0.1, 0.15) is 31.7 Å². The van der Waals surface area contributed by atoms with Crippen LogP contribution in [0.15, 0.2) is 24.3 Å². The van der Waals surface area contributed by atoms with Crippen molar-refractivity contribution in [3.05, 3.63) is 29.8 Å². The molecule has 0 saturated carbocycles. The predicted molar refractivity (Wildman–Crippen MR) is 68.5 cm³/mol. The first kappa shape index (κ1) is 11.8. The standard InChI is InChI=1S/C12H19ClSi/c1-3-4-5-12(13)14-11-8-6-10(2)7-9-11/h6-9,12H,3-5,14H2,1-2H3. The van der Waals surface area contributed by atoms with Crippen molar-refractivity contribution >= 4 is 26.3 Å². The quantitative estimate of drug-likeness (QED) is 0.535. The molecule has 1 atom stereocenters. The normalized spacial score (nSPS) is 13.6. The SMILES string of the molecule is CCCCC(Cl)[SiH2]c1ccc(C)cc1. The molecule has 0 aromatic heterocycles. The maximum atomic E-state index is 6.30. The van der Waals surface area contributed by atoms with Crippen LogP contribution < -0.4 is 5.19 Å². The van der Waals surface area contributed by atoms with Crippen molar-refractivity contribution in [3.63, 3.8) is 0 Å². The van der Waals surface area contributed by atoms with Crippen LogP contribution in [0, 0.1) is 6.92 Å². The second kappa shape index (κ2) is 6.26. The van der Waals surface area contributed by atoms with E-state index in [1.54, 1.807) is 0 Å². The first-order chi connectivity index (χ1) is 6.72. The van der Waals surface area contributed by atoms with Gasteiger partial charge in [-0.3, -0.25) is 0 Å². The van der Waals surface area contributed by atoms with E-state index >= 15 is 0 Å². The molecule has 0 N–H and O–H groups in total. The molecule has 0 nitrogen and oxygen atoms in total. The molecule has 0 saturated heterocycles. The first-order valence-electron chi connectivity index (χ1n) is 5.42. The Morgan fingerprint density at radius 2 is 1.93 bits per heavy atom. The minimum Gasteiger partial charge on any atom is -0.127 e. The van der Waals surface area contributed by atoms with Crippen LogP contribution in [0.3, 0.4) is 0 Å². The van der Waals surface area contributed by atoms with Crippen molar-refractivity contribution in [1.29, 1.82) is 0 Å². The summed E-state index contributed by atoms with van der Waals surface area (Å²) in [6, 6.07) is 8.85. The molecule has 0 aliphatic carbocycles. The number of alkyl halides is 1. The van der Waals surface area contributed by atoms with Gasteiger partial charge in [-0.05, 0) is 13.3 Å². The fourth-order valence-corrected chi connectivity index (χ4v) is 3.71. The Morgan fingerprint density at radius 1 is 1.29 bits per heavy atom. The van der Waals surface area contributed by atoms with E-state index in [1.165, 1.54) is 30.0 Å². The summed E-state index contributed by atoms with van der Waals surface area (Å²) >= 11 is 6.30. The monoisotopic (exact) mass is 226 g/mol. The summed E-state index contributed by atoms with van der Waals surface area (Å²) in [7, 11) is -0.258. The molecule has 0 bridgehead atoms. The molecule has 1 unspecified atom stereocenters. The first-order valence-corrected chi connectivity index (χ1v) is 7.38. The molecule has 0 aliphatic rings. The lowest BCUT2D eigenvalue weighted by molar-refractivity contribution is 0.754. The largest absolute Gasteiger partial charge is 0.127 e. The fraction of sp³-hybridized carbons (Fsp3) is 0.500. The Labute approximate surface area is 94.5 Å².